The monoisotopic (exact) mass is 448 g/mol. The van der Waals surface area contributed by atoms with Crippen molar-refractivity contribution in [1.82, 2.24) is 0 Å². The summed E-state index contributed by atoms with van der Waals surface area (Å²) in [5.74, 6) is 0.672. The van der Waals surface area contributed by atoms with E-state index in [-0.39, 0.29) is 18.1 Å². The minimum atomic E-state index is -1.20. The van der Waals surface area contributed by atoms with Crippen molar-refractivity contribution >= 4 is 11.8 Å². The first-order valence-corrected chi connectivity index (χ1v) is 11.6. The van der Waals surface area contributed by atoms with Crippen molar-refractivity contribution in [3.05, 3.63) is 83.3 Å². The van der Waals surface area contributed by atoms with E-state index in [1.165, 1.54) is 0 Å². The van der Waals surface area contributed by atoms with E-state index in [0.717, 1.165) is 16.9 Å². The Labute approximate surface area is 195 Å². The normalized spacial score (nSPS) is 22.6. The van der Waals surface area contributed by atoms with Gasteiger partial charge in [0.05, 0.1) is 0 Å². The Hall–Kier alpha value is -3.08. The number of rotatable bonds is 7. The van der Waals surface area contributed by atoms with Gasteiger partial charge in [-0.15, -0.1) is 0 Å². The molecule has 2 aliphatic rings. The van der Waals surface area contributed by atoms with E-state index in [1.807, 2.05) is 81.4 Å². The molecule has 1 fully saturated rings. The summed E-state index contributed by atoms with van der Waals surface area (Å²) in [6.07, 6.45) is 1.70. The maximum atomic E-state index is 13.4. The Morgan fingerprint density at radius 1 is 0.909 bits per heavy atom. The quantitative estimate of drug-likeness (QED) is 0.400. The van der Waals surface area contributed by atoms with Crippen molar-refractivity contribution < 1.29 is 23.8 Å². The topological polar surface area (TPSA) is 61.8 Å². The lowest BCUT2D eigenvalue weighted by molar-refractivity contribution is -0.174. The van der Waals surface area contributed by atoms with Gasteiger partial charge in [-0.3, -0.25) is 9.59 Å². The third kappa shape index (κ3) is 5.13. The molecule has 2 aromatic carbocycles. The lowest BCUT2D eigenvalue weighted by atomic mass is 9.69. The van der Waals surface area contributed by atoms with Crippen LogP contribution in [-0.2, 0) is 37.0 Å². The summed E-state index contributed by atoms with van der Waals surface area (Å²) in [6.45, 7) is 6.24. The van der Waals surface area contributed by atoms with Gasteiger partial charge in [0.15, 0.2) is 5.78 Å². The molecule has 2 aromatic rings. The van der Waals surface area contributed by atoms with Gasteiger partial charge < -0.3 is 14.2 Å². The van der Waals surface area contributed by atoms with Crippen molar-refractivity contribution in [3.63, 3.8) is 0 Å². The van der Waals surface area contributed by atoms with Crippen LogP contribution in [0.4, 0.5) is 0 Å². The van der Waals surface area contributed by atoms with Gasteiger partial charge in [0.25, 0.3) is 0 Å². The molecule has 0 aromatic heterocycles. The van der Waals surface area contributed by atoms with Crippen molar-refractivity contribution in [2.24, 2.45) is 11.3 Å². The summed E-state index contributed by atoms with van der Waals surface area (Å²) < 4.78 is 18.2. The van der Waals surface area contributed by atoms with Crippen LogP contribution in [0.3, 0.4) is 0 Å². The van der Waals surface area contributed by atoms with Crippen molar-refractivity contribution in [2.45, 2.75) is 65.3 Å². The molecular weight excluding hydrogens is 416 g/mol. The zero-order chi connectivity index (χ0) is 23.5. The molecule has 0 unspecified atom stereocenters. The number of benzene rings is 2. The van der Waals surface area contributed by atoms with Crippen LogP contribution in [0.2, 0.25) is 0 Å². The lowest BCUT2D eigenvalue weighted by Gasteiger charge is -2.39. The van der Waals surface area contributed by atoms with E-state index < -0.39 is 17.0 Å². The van der Waals surface area contributed by atoms with Gasteiger partial charge in [-0.1, -0.05) is 60.7 Å². The fraction of sp³-hybridized carbons (Fsp3) is 0.429. The Kier molecular flexibility index (Phi) is 6.59. The van der Waals surface area contributed by atoms with E-state index in [1.54, 1.807) is 0 Å². The fourth-order valence-electron chi connectivity index (χ4n) is 4.69. The van der Waals surface area contributed by atoms with Crippen LogP contribution in [0.5, 0.6) is 0 Å². The lowest BCUT2D eigenvalue weighted by Crippen LogP contribution is -2.47. The molecule has 1 saturated carbocycles. The third-order valence-corrected chi connectivity index (χ3v) is 6.37. The first-order valence-electron chi connectivity index (χ1n) is 11.6. The molecule has 0 radical (unpaired) electrons. The highest BCUT2D eigenvalue weighted by molar-refractivity contribution is 6.06. The maximum Gasteiger partial charge on any atom is 0.320 e. The summed E-state index contributed by atoms with van der Waals surface area (Å²) in [5, 5.41) is 0. The van der Waals surface area contributed by atoms with E-state index in [2.05, 4.69) is 0 Å². The molecule has 4 rings (SSSR count). The number of ether oxygens (including phenoxy) is 3. The first kappa shape index (κ1) is 23.1. The van der Waals surface area contributed by atoms with Crippen molar-refractivity contribution in [1.29, 1.82) is 0 Å². The number of allylic oxidation sites excluding steroid dienone is 2. The smallest absolute Gasteiger partial charge is 0.320 e. The standard InChI is InChI=1S/C28H32O5/c1-27(2,3)33-26(30)28-17-24(32-19-21-12-8-5-9-13-21)23(16-22(28)14-15-25(28)29)31-18-20-10-6-4-7-11-20/h4-13,22H,14-19H2,1-3H3/t22-,28-/m0/s1. The summed E-state index contributed by atoms with van der Waals surface area (Å²) >= 11 is 0. The molecule has 0 aliphatic heterocycles. The highest BCUT2D eigenvalue weighted by atomic mass is 16.6. The van der Waals surface area contributed by atoms with Gasteiger partial charge in [-0.2, -0.15) is 0 Å². The highest BCUT2D eigenvalue weighted by Gasteiger charge is 2.60. The molecule has 2 aliphatic carbocycles. The van der Waals surface area contributed by atoms with Gasteiger partial charge in [-0.05, 0) is 44.2 Å². The van der Waals surface area contributed by atoms with Crippen LogP contribution in [0.15, 0.2) is 72.2 Å². The van der Waals surface area contributed by atoms with Crippen LogP contribution >= 0.6 is 0 Å². The Morgan fingerprint density at radius 2 is 1.45 bits per heavy atom. The molecule has 5 heteroatoms. The second kappa shape index (κ2) is 9.42. The van der Waals surface area contributed by atoms with E-state index in [0.29, 0.717) is 38.2 Å². The molecule has 0 saturated heterocycles. The number of Topliss-reactive ketones (excluding diaryl/α,β-unsaturated/α-hetero) is 1. The fourth-order valence-corrected chi connectivity index (χ4v) is 4.69. The second-order valence-corrected chi connectivity index (χ2v) is 9.91. The van der Waals surface area contributed by atoms with Crippen LogP contribution in [-0.4, -0.2) is 17.4 Å². The molecule has 0 N–H and O–H groups in total. The molecule has 0 spiro atoms. The average Bonchev–Trinajstić information content (AvgIpc) is 3.12. The maximum absolute atomic E-state index is 13.4. The average molecular weight is 449 g/mol. The minimum absolute atomic E-state index is 0.0512. The summed E-state index contributed by atoms with van der Waals surface area (Å²) in [4.78, 5) is 26.5. The van der Waals surface area contributed by atoms with Crippen LogP contribution in [0, 0.1) is 11.3 Å². The summed E-state index contributed by atoms with van der Waals surface area (Å²) in [7, 11) is 0. The second-order valence-electron chi connectivity index (χ2n) is 9.91. The summed E-state index contributed by atoms with van der Waals surface area (Å²) in [5.41, 5.74) is 0.203. The molecule has 0 heterocycles. The Bertz CT molecular complexity index is 1020. The van der Waals surface area contributed by atoms with E-state index in [9.17, 15) is 9.59 Å². The SMILES string of the molecule is CC(C)(C)OC(=O)[C@@]12CC(OCc3ccccc3)=C(OCc3ccccc3)C[C@@H]1CCC2=O. The number of carbonyl (C=O) groups is 2. The number of carbonyl (C=O) groups excluding carboxylic acids is 2. The van der Waals surface area contributed by atoms with Gasteiger partial charge in [0.2, 0.25) is 0 Å². The van der Waals surface area contributed by atoms with Crippen LogP contribution < -0.4 is 0 Å². The van der Waals surface area contributed by atoms with Crippen LogP contribution in [0.25, 0.3) is 0 Å². The zero-order valence-electron chi connectivity index (χ0n) is 19.6. The predicted molar refractivity (Wildman–Crippen MR) is 125 cm³/mol. The zero-order valence-corrected chi connectivity index (χ0v) is 19.6. The van der Waals surface area contributed by atoms with Gasteiger partial charge in [0, 0.05) is 19.3 Å². The number of esters is 1. The van der Waals surface area contributed by atoms with Gasteiger partial charge in [0.1, 0.15) is 35.7 Å². The van der Waals surface area contributed by atoms with Crippen molar-refractivity contribution in [2.75, 3.05) is 0 Å². The van der Waals surface area contributed by atoms with Crippen molar-refractivity contribution in [3.8, 4) is 0 Å². The number of hydrogen-bond acceptors (Lipinski definition) is 5. The van der Waals surface area contributed by atoms with Gasteiger partial charge in [-0.25, -0.2) is 0 Å². The van der Waals surface area contributed by atoms with Gasteiger partial charge >= 0.3 is 5.97 Å². The molecular formula is C28H32O5. The largest absolute Gasteiger partial charge is 0.490 e. The number of fused-ring (bicyclic) bond motifs is 1. The van der Waals surface area contributed by atoms with E-state index >= 15 is 0 Å². The predicted octanol–water partition coefficient (Wildman–Crippen LogP) is 5.73. The molecule has 2 atom stereocenters. The molecule has 5 nitrogen and oxygen atoms in total. The highest BCUT2D eigenvalue weighted by Crippen LogP contribution is 2.53. The summed E-state index contributed by atoms with van der Waals surface area (Å²) in [6, 6.07) is 19.8. The molecule has 0 bridgehead atoms. The Balaban J connectivity index is 1.63. The van der Waals surface area contributed by atoms with Crippen LogP contribution in [0.1, 0.15) is 57.6 Å². The third-order valence-electron chi connectivity index (χ3n) is 6.37. The molecule has 0 amide bonds. The number of ketones is 1. The molecule has 33 heavy (non-hydrogen) atoms. The van der Waals surface area contributed by atoms with E-state index in [4.69, 9.17) is 14.2 Å². The Morgan fingerprint density at radius 3 is 2.00 bits per heavy atom. The first-order chi connectivity index (χ1) is 15.8. The molecule has 174 valence electrons. The number of hydrogen-bond donors (Lipinski definition) is 0. The minimum Gasteiger partial charge on any atom is -0.490 e.